The molecule has 0 aromatic heterocycles. The van der Waals surface area contributed by atoms with Crippen molar-refractivity contribution in [1.29, 1.82) is 0 Å². The SMILES string of the molecule is CC1(C)CCC[C@@]2(C)[C@@H]1CC[C@@]1(C)OC(=O)C[C@@H]21. The molecule has 2 saturated carbocycles. The van der Waals surface area contributed by atoms with Gasteiger partial charge in [-0.1, -0.05) is 27.2 Å². The lowest BCUT2D eigenvalue weighted by Gasteiger charge is -2.59. The zero-order valence-corrected chi connectivity index (χ0v) is 12.2. The van der Waals surface area contributed by atoms with Gasteiger partial charge in [0.2, 0.25) is 0 Å². The third kappa shape index (κ3) is 1.50. The van der Waals surface area contributed by atoms with E-state index in [1.165, 1.54) is 25.7 Å². The second-order valence-electron chi connectivity index (χ2n) is 7.98. The van der Waals surface area contributed by atoms with Gasteiger partial charge in [-0.15, -0.1) is 0 Å². The smallest absolute Gasteiger partial charge is 0.306 e. The highest BCUT2D eigenvalue weighted by atomic mass is 16.6. The average Bonchev–Trinajstić information content (AvgIpc) is 2.53. The minimum atomic E-state index is -0.171. The molecular formula is C16H26O2. The molecule has 4 atom stereocenters. The Morgan fingerprint density at radius 1 is 1.06 bits per heavy atom. The van der Waals surface area contributed by atoms with Gasteiger partial charge >= 0.3 is 5.97 Å². The van der Waals surface area contributed by atoms with Gasteiger partial charge in [0.15, 0.2) is 0 Å². The lowest BCUT2D eigenvalue weighted by atomic mass is 9.45. The van der Waals surface area contributed by atoms with Crippen LogP contribution in [-0.4, -0.2) is 11.6 Å². The van der Waals surface area contributed by atoms with Gasteiger partial charge in [-0.25, -0.2) is 0 Å². The second kappa shape index (κ2) is 3.52. The van der Waals surface area contributed by atoms with Gasteiger partial charge in [0.1, 0.15) is 5.60 Å². The summed E-state index contributed by atoms with van der Waals surface area (Å²) in [6.45, 7) is 9.46. The van der Waals surface area contributed by atoms with E-state index in [9.17, 15) is 4.79 Å². The van der Waals surface area contributed by atoms with Crippen molar-refractivity contribution in [3.63, 3.8) is 0 Å². The van der Waals surface area contributed by atoms with Crippen molar-refractivity contribution >= 4 is 5.97 Å². The van der Waals surface area contributed by atoms with Crippen molar-refractivity contribution in [2.24, 2.45) is 22.7 Å². The minimum absolute atomic E-state index is 0.0350. The van der Waals surface area contributed by atoms with E-state index < -0.39 is 0 Å². The lowest BCUT2D eigenvalue weighted by molar-refractivity contribution is -0.164. The predicted octanol–water partition coefficient (Wildman–Crippen LogP) is 3.93. The van der Waals surface area contributed by atoms with E-state index in [2.05, 4.69) is 27.7 Å². The molecule has 2 heteroatoms. The molecule has 18 heavy (non-hydrogen) atoms. The van der Waals surface area contributed by atoms with E-state index in [-0.39, 0.29) is 11.6 Å². The van der Waals surface area contributed by atoms with Crippen molar-refractivity contribution in [3.05, 3.63) is 0 Å². The molecular weight excluding hydrogens is 224 g/mol. The summed E-state index contributed by atoms with van der Waals surface area (Å²) in [5.74, 6) is 1.23. The summed E-state index contributed by atoms with van der Waals surface area (Å²) < 4.78 is 5.70. The molecule has 3 rings (SSSR count). The fourth-order valence-corrected chi connectivity index (χ4v) is 5.65. The molecule has 0 aromatic carbocycles. The van der Waals surface area contributed by atoms with Crippen LogP contribution in [0.5, 0.6) is 0 Å². The van der Waals surface area contributed by atoms with Crippen LogP contribution in [0.2, 0.25) is 0 Å². The molecule has 0 spiro atoms. The van der Waals surface area contributed by atoms with Crippen molar-refractivity contribution in [2.45, 2.75) is 71.8 Å². The molecule has 3 fully saturated rings. The molecule has 2 nitrogen and oxygen atoms in total. The number of fused-ring (bicyclic) bond motifs is 3. The van der Waals surface area contributed by atoms with E-state index in [0.29, 0.717) is 23.2 Å². The molecule has 3 aliphatic rings. The molecule has 0 bridgehead atoms. The van der Waals surface area contributed by atoms with Gasteiger partial charge in [-0.3, -0.25) is 4.79 Å². The van der Waals surface area contributed by atoms with Crippen molar-refractivity contribution in [1.82, 2.24) is 0 Å². The molecule has 0 amide bonds. The molecule has 1 heterocycles. The maximum atomic E-state index is 11.8. The van der Waals surface area contributed by atoms with Crippen LogP contribution in [0.15, 0.2) is 0 Å². The minimum Gasteiger partial charge on any atom is -0.459 e. The number of hydrogen-bond acceptors (Lipinski definition) is 2. The van der Waals surface area contributed by atoms with Crippen LogP contribution in [0.3, 0.4) is 0 Å². The Hall–Kier alpha value is -0.530. The Bertz CT molecular complexity index is 387. The summed E-state index contributed by atoms with van der Waals surface area (Å²) in [5.41, 5.74) is 0.566. The van der Waals surface area contributed by atoms with Crippen molar-refractivity contribution < 1.29 is 9.53 Å². The number of ether oxygens (including phenoxy) is 1. The molecule has 102 valence electrons. The van der Waals surface area contributed by atoms with Crippen LogP contribution in [0, 0.1) is 22.7 Å². The van der Waals surface area contributed by atoms with Gasteiger partial charge in [-0.2, -0.15) is 0 Å². The third-order valence-electron chi connectivity index (χ3n) is 6.46. The molecule has 0 N–H and O–H groups in total. The van der Waals surface area contributed by atoms with Crippen LogP contribution >= 0.6 is 0 Å². The molecule has 0 aromatic rings. The monoisotopic (exact) mass is 250 g/mol. The topological polar surface area (TPSA) is 26.3 Å². The zero-order chi connectivity index (χ0) is 13.2. The second-order valence-corrected chi connectivity index (χ2v) is 7.98. The summed E-state index contributed by atoms with van der Waals surface area (Å²) in [6.07, 6.45) is 6.86. The highest BCUT2D eigenvalue weighted by molar-refractivity contribution is 5.73. The lowest BCUT2D eigenvalue weighted by Crippen LogP contribution is -2.55. The fraction of sp³-hybridized carbons (Fsp3) is 0.938. The summed E-state index contributed by atoms with van der Waals surface area (Å²) in [5, 5.41) is 0. The number of rotatable bonds is 0. The maximum absolute atomic E-state index is 11.8. The third-order valence-corrected chi connectivity index (χ3v) is 6.46. The van der Waals surface area contributed by atoms with E-state index in [1.807, 2.05) is 0 Å². The first-order valence-electron chi connectivity index (χ1n) is 7.50. The van der Waals surface area contributed by atoms with Gasteiger partial charge in [0, 0.05) is 5.92 Å². The van der Waals surface area contributed by atoms with Crippen LogP contribution in [0.1, 0.15) is 66.2 Å². The van der Waals surface area contributed by atoms with Crippen LogP contribution in [0.4, 0.5) is 0 Å². The van der Waals surface area contributed by atoms with Crippen molar-refractivity contribution in [3.8, 4) is 0 Å². The molecule has 0 unspecified atom stereocenters. The van der Waals surface area contributed by atoms with E-state index in [4.69, 9.17) is 4.74 Å². The highest BCUT2D eigenvalue weighted by Gasteiger charge is 2.62. The van der Waals surface area contributed by atoms with Crippen LogP contribution in [0.25, 0.3) is 0 Å². The first-order valence-corrected chi connectivity index (χ1v) is 7.50. The van der Waals surface area contributed by atoms with E-state index in [1.54, 1.807) is 0 Å². The molecule has 0 radical (unpaired) electrons. The number of hydrogen-bond donors (Lipinski definition) is 0. The van der Waals surface area contributed by atoms with E-state index in [0.717, 1.165) is 12.3 Å². The Kier molecular flexibility index (Phi) is 2.44. The van der Waals surface area contributed by atoms with Gasteiger partial charge in [0.25, 0.3) is 0 Å². The average molecular weight is 250 g/mol. The Morgan fingerprint density at radius 3 is 2.50 bits per heavy atom. The zero-order valence-electron chi connectivity index (χ0n) is 12.2. The van der Waals surface area contributed by atoms with Crippen LogP contribution < -0.4 is 0 Å². The van der Waals surface area contributed by atoms with Crippen molar-refractivity contribution in [2.75, 3.05) is 0 Å². The number of esters is 1. The number of carbonyl (C=O) groups excluding carboxylic acids is 1. The standard InChI is InChI=1S/C16H26O2/c1-14(2)7-5-8-15(3)11(14)6-9-16(4)12(15)10-13(17)18-16/h11-12H,5-10H2,1-4H3/t11-,12+,15+,16-/m1/s1. The quantitative estimate of drug-likeness (QED) is 0.609. The predicted molar refractivity (Wildman–Crippen MR) is 71.1 cm³/mol. The van der Waals surface area contributed by atoms with Gasteiger partial charge in [0.05, 0.1) is 6.42 Å². The Morgan fingerprint density at radius 2 is 1.78 bits per heavy atom. The first kappa shape index (κ1) is 12.5. The van der Waals surface area contributed by atoms with Gasteiger partial charge < -0.3 is 4.74 Å². The molecule has 1 aliphatic heterocycles. The fourth-order valence-electron chi connectivity index (χ4n) is 5.65. The summed E-state index contributed by atoms with van der Waals surface area (Å²) >= 11 is 0. The maximum Gasteiger partial charge on any atom is 0.306 e. The largest absolute Gasteiger partial charge is 0.459 e. The molecule has 2 aliphatic carbocycles. The summed E-state index contributed by atoms with van der Waals surface area (Å²) in [6, 6.07) is 0. The molecule has 1 saturated heterocycles. The van der Waals surface area contributed by atoms with Gasteiger partial charge in [-0.05, 0) is 49.4 Å². The summed E-state index contributed by atoms with van der Waals surface area (Å²) in [4.78, 5) is 11.8. The Balaban J connectivity index is 2.00. The van der Waals surface area contributed by atoms with E-state index >= 15 is 0 Å². The highest BCUT2D eigenvalue weighted by Crippen LogP contribution is 2.64. The van der Waals surface area contributed by atoms with Crippen LogP contribution in [-0.2, 0) is 9.53 Å². The number of carbonyl (C=O) groups is 1. The first-order chi connectivity index (χ1) is 8.28. The Labute approximate surface area is 110 Å². The normalized spacial score (nSPS) is 50.3. The summed E-state index contributed by atoms with van der Waals surface area (Å²) in [7, 11) is 0.